The zero-order valence-corrected chi connectivity index (χ0v) is 19.1. The second kappa shape index (κ2) is 9.23. The number of nitrogens with zero attached hydrogens (tertiary/aromatic N) is 4. The molecule has 0 aliphatic carbocycles. The zero-order valence-electron chi connectivity index (χ0n) is 18.4. The normalized spacial score (nSPS) is 18.9. The minimum Gasteiger partial charge on any atom is -0.335 e. The molecule has 0 radical (unpaired) electrons. The number of benzene rings is 1. The average molecular weight is 437 g/mol. The summed E-state index contributed by atoms with van der Waals surface area (Å²) in [6, 6.07) is 12.0. The van der Waals surface area contributed by atoms with Crippen LogP contribution in [0.1, 0.15) is 53.5 Å². The van der Waals surface area contributed by atoms with E-state index < -0.39 is 0 Å². The molecular formula is C25H29ClN4O. The molecule has 0 spiro atoms. The fourth-order valence-electron chi connectivity index (χ4n) is 4.52. The van der Waals surface area contributed by atoms with Gasteiger partial charge in [-0.05, 0) is 75.8 Å². The van der Waals surface area contributed by atoms with E-state index in [1.165, 1.54) is 0 Å². The SMILES string of the molecule is Cc1ccc(-n2ccc(C)n2)c(C(=O)N2CCC[C@@H](C)C2CCc2ccc(Cl)cn2)c1. The Kier molecular flexibility index (Phi) is 6.42. The van der Waals surface area contributed by atoms with Gasteiger partial charge in [0, 0.05) is 30.7 Å². The van der Waals surface area contributed by atoms with Crippen molar-refractivity contribution in [3.63, 3.8) is 0 Å². The van der Waals surface area contributed by atoms with Gasteiger partial charge < -0.3 is 4.90 Å². The minimum absolute atomic E-state index is 0.0902. The van der Waals surface area contributed by atoms with Gasteiger partial charge in [-0.25, -0.2) is 4.68 Å². The van der Waals surface area contributed by atoms with Gasteiger partial charge in [-0.1, -0.05) is 30.2 Å². The van der Waals surface area contributed by atoms with E-state index in [4.69, 9.17) is 11.6 Å². The number of hydrogen-bond acceptors (Lipinski definition) is 3. The highest BCUT2D eigenvalue weighted by molar-refractivity contribution is 6.30. The van der Waals surface area contributed by atoms with Gasteiger partial charge in [0.2, 0.25) is 0 Å². The Bertz CT molecular complexity index is 1060. The molecule has 1 aliphatic rings. The first-order valence-corrected chi connectivity index (χ1v) is 11.3. The highest BCUT2D eigenvalue weighted by Crippen LogP contribution is 2.30. The molecule has 162 valence electrons. The Balaban J connectivity index is 1.61. The molecule has 1 aromatic carbocycles. The molecule has 1 amide bonds. The third-order valence-corrected chi connectivity index (χ3v) is 6.44. The van der Waals surface area contributed by atoms with Gasteiger partial charge in [-0.2, -0.15) is 5.10 Å². The summed E-state index contributed by atoms with van der Waals surface area (Å²) in [6.07, 6.45) is 7.50. The predicted molar refractivity (Wildman–Crippen MR) is 124 cm³/mol. The van der Waals surface area contributed by atoms with Crippen LogP contribution in [0.4, 0.5) is 0 Å². The molecule has 5 nitrogen and oxygen atoms in total. The van der Waals surface area contributed by atoms with E-state index in [2.05, 4.69) is 21.9 Å². The number of hydrogen-bond donors (Lipinski definition) is 0. The second-order valence-electron chi connectivity index (χ2n) is 8.61. The smallest absolute Gasteiger partial charge is 0.256 e. The largest absolute Gasteiger partial charge is 0.335 e. The van der Waals surface area contributed by atoms with Crippen molar-refractivity contribution >= 4 is 17.5 Å². The monoisotopic (exact) mass is 436 g/mol. The van der Waals surface area contributed by atoms with Crippen molar-refractivity contribution in [3.8, 4) is 5.69 Å². The molecule has 0 N–H and O–H groups in total. The molecule has 2 atom stereocenters. The van der Waals surface area contributed by atoms with Gasteiger partial charge in [0.1, 0.15) is 0 Å². The lowest BCUT2D eigenvalue weighted by Crippen LogP contribution is -2.48. The van der Waals surface area contributed by atoms with Crippen molar-refractivity contribution in [2.24, 2.45) is 5.92 Å². The maximum Gasteiger partial charge on any atom is 0.256 e. The van der Waals surface area contributed by atoms with E-state index in [0.29, 0.717) is 16.5 Å². The Labute approximate surface area is 189 Å². The first-order valence-electron chi connectivity index (χ1n) is 11.0. The molecule has 6 heteroatoms. The molecule has 1 saturated heterocycles. The summed E-state index contributed by atoms with van der Waals surface area (Å²) in [5.74, 6) is 0.540. The molecule has 0 bridgehead atoms. The first kappa shape index (κ1) is 21.6. The summed E-state index contributed by atoms with van der Waals surface area (Å²) in [5, 5.41) is 5.19. The number of carbonyl (C=O) groups excluding carboxylic acids is 1. The topological polar surface area (TPSA) is 51.0 Å². The highest BCUT2D eigenvalue weighted by Gasteiger charge is 2.33. The highest BCUT2D eigenvalue weighted by atomic mass is 35.5. The third kappa shape index (κ3) is 4.82. The Morgan fingerprint density at radius 2 is 2.03 bits per heavy atom. The number of carbonyl (C=O) groups is 1. The van der Waals surface area contributed by atoms with Crippen molar-refractivity contribution < 1.29 is 4.79 Å². The molecule has 1 aliphatic heterocycles. The van der Waals surface area contributed by atoms with Gasteiger partial charge in [0.15, 0.2) is 0 Å². The van der Waals surface area contributed by atoms with Gasteiger partial charge in [0.25, 0.3) is 5.91 Å². The summed E-state index contributed by atoms with van der Waals surface area (Å²) in [5.41, 5.74) is 4.56. The van der Waals surface area contributed by atoms with Gasteiger partial charge in [-0.3, -0.25) is 9.78 Å². The van der Waals surface area contributed by atoms with E-state index >= 15 is 0 Å². The molecule has 2 aromatic heterocycles. The first-order chi connectivity index (χ1) is 14.9. The van der Waals surface area contributed by atoms with Crippen molar-refractivity contribution in [2.45, 2.75) is 52.5 Å². The average Bonchev–Trinajstić information content (AvgIpc) is 3.19. The van der Waals surface area contributed by atoms with Gasteiger partial charge in [-0.15, -0.1) is 0 Å². The molecule has 1 unspecified atom stereocenters. The van der Waals surface area contributed by atoms with Crippen molar-refractivity contribution in [2.75, 3.05) is 6.54 Å². The second-order valence-corrected chi connectivity index (χ2v) is 9.05. The van der Waals surface area contributed by atoms with Crippen LogP contribution in [-0.2, 0) is 6.42 Å². The van der Waals surface area contributed by atoms with Crippen LogP contribution >= 0.6 is 11.6 Å². The number of amides is 1. The number of piperidine rings is 1. The molecule has 4 rings (SSSR count). The number of aromatic nitrogens is 3. The lowest BCUT2D eigenvalue weighted by Gasteiger charge is -2.40. The van der Waals surface area contributed by atoms with Crippen LogP contribution in [0.15, 0.2) is 48.8 Å². The van der Waals surface area contributed by atoms with Crippen molar-refractivity contribution in [1.29, 1.82) is 0 Å². The zero-order chi connectivity index (χ0) is 22.0. The number of aryl methyl sites for hydroxylation is 3. The Morgan fingerprint density at radius 3 is 2.74 bits per heavy atom. The number of pyridine rings is 1. The maximum atomic E-state index is 13.8. The Morgan fingerprint density at radius 1 is 1.19 bits per heavy atom. The van der Waals surface area contributed by atoms with E-state index in [-0.39, 0.29) is 11.9 Å². The standard InChI is InChI=1S/C25H29ClN4O/c1-17-6-10-24(30-14-12-19(3)28-30)22(15-17)25(31)29-13-4-5-18(2)23(29)11-9-21-8-7-20(26)16-27-21/h6-8,10,12,14-16,18,23H,4-5,9,11,13H2,1-3H3/t18-,23?/m1/s1. The van der Waals surface area contributed by atoms with E-state index in [9.17, 15) is 4.79 Å². The fourth-order valence-corrected chi connectivity index (χ4v) is 4.63. The van der Waals surface area contributed by atoms with Crippen LogP contribution in [-0.4, -0.2) is 38.2 Å². The van der Waals surface area contributed by atoms with Gasteiger partial charge in [0.05, 0.1) is 22.0 Å². The summed E-state index contributed by atoms with van der Waals surface area (Å²) >= 11 is 5.97. The molecule has 1 fully saturated rings. The number of likely N-dealkylation sites (tertiary alicyclic amines) is 1. The van der Waals surface area contributed by atoms with Crippen LogP contribution in [0, 0.1) is 19.8 Å². The molecule has 0 saturated carbocycles. The van der Waals surface area contributed by atoms with Crippen LogP contribution in [0.2, 0.25) is 5.02 Å². The lowest BCUT2D eigenvalue weighted by molar-refractivity contribution is 0.0499. The maximum absolute atomic E-state index is 13.8. The summed E-state index contributed by atoms with van der Waals surface area (Å²) in [4.78, 5) is 20.3. The summed E-state index contributed by atoms with van der Waals surface area (Å²) in [7, 11) is 0. The van der Waals surface area contributed by atoms with Crippen molar-refractivity contribution in [1.82, 2.24) is 19.7 Å². The number of halogens is 1. The third-order valence-electron chi connectivity index (χ3n) is 6.21. The van der Waals surface area contributed by atoms with E-state index in [1.54, 1.807) is 6.20 Å². The predicted octanol–water partition coefficient (Wildman–Crippen LogP) is 5.41. The van der Waals surface area contributed by atoms with Crippen LogP contribution < -0.4 is 0 Å². The van der Waals surface area contributed by atoms with Gasteiger partial charge >= 0.3 is 0 Å². The van der Waals surface area contributed by atoms with E-state index in [1.807, 2.05) is 61.1 Å². The van der Waals surface area contributed by atoms with E-state index in [0.717, 1.165) is 54.9 Å². The molecule has 3 aromatic rings. The summed E-state index contributed by atoms with van der Waals surface area (Å²) < 4.78 is 1.81. The molecule has 31 heavy (non-hydrogen) atoms. The Hall–Kier alpha value is -2.66. The van der Waals surface area contributed by atoms with Crippen LogP contribution in [0.25, 0.3) is 5.69 Å². The molecule has 3 heterocycles. The quantitative estimate of drug-likeness (QED) is 0.537. The van der Waals surface area contributed by atoms with Crippen LogP contribution in [0.5, 0.6) is 0 Å². The lowest BCUT2D eigenvalue weighted by atomic mass is 9.86. The fraction of sp³-hybridized carbons (Fsp3) is 0.400. The summed E-state index contributed by atoms with van der Waals surface area (Å²) in [6.45, 7) is 7.03. The number of rotatable bonds is 5. The molecular weight excluding hydrogens is 408 g/mol. The minimum atomic E-state index is 0.0902. The van der Waals surface area contributed by atoms with Crippen molar-refractivity contribution in [3.05, 3.63) is 76.3 Å². The van der Waals surface area contributed by atoms with Crippen LogP contribution in [0.3, 0.4) is 0 Å².